The zero-order chi connectivity index (χ0) is 44.7. The summed E-state index contributed by atoms with van der Waals surface area (Å²) < 4.78 is 13.7. The summed E-state index contributed by atoms with van der Waals surface area (Å²) in [6.45, 7) is 0. The molecule has 0 fully saturated rings. The second-order valence-electron chi connectivity index (χ2n) is 17.3. The molecule has 0 bridgehead atoms. The number of fused-ring (bicyclic) bond motifs is 10. The fourth-order valence-electron chi connectivity index (χ4n) is 10.7. The van der Waals surface area contributed by atoms with Crippen LogP contribution in [0.2, 0.25) is 0 Å². The third-order valence-corrected chi connectivity index (χ3v) is 13.6. The van der Waals surface area contributed by atoms with Crippen molar-refractivity contribution in [1.82, 2.24) is 23.9 Å². The van der Waals surface area contributed by atoms with E-state index in [-0.39, 0.29) is 0 Å². The van der Waals surface area contributed by atoms with E-state index in [1.165, 1.54) is 5.39 Å². The van der Waals surface area contributed by atoms with Crippen LogP contribution in [0.1, 0.15) is 0 Å². The van der Waals surface area contributed by atoms with Crippen molar-refractivity contribution in [3.63, 3.8) is 0 Å². The molecule has 318 valence electrons. The summed E-state index contributed by atoms with van der Waals surface area (Å²) >= 11 is 0. The minimum atomic E-state index is 0.790. The van der Waals surface area contributed by atoms with Crippen LogP contribution in [0.3, 0.4) is 0 Å². The molecule has 0 saturated heterocycles. The number of rotatable bonds is 7. The van der Waals surface area contributed by atoms with Crippen molar-refractivity contribution < 1.29 is 4.42 Å². The number of aromatic nitrogens is 5. The molecule has 4 aromatic heterocycles. The first-order valence-corrected chi connectivity index (χ1v) is 23.0. The van der Waals surface area contributed by atoms with E-state index in [0.29, 0.717) is 0 Å². The second-order valence-corrected chi connectivity index (χ2v) is 17.3. The Bertz CT molecular complexity index is 4210. The van der Waals surface area contributed by atoms with Crippen molar-refractivity contribution in [3.05, 3.63) is 237 Å². The van der Waals surface area contributed by atoms with Crippen LogP contribution in [0.4, 0.5) is 0 Å². The molecule has 6 nitrogen and oxygen atoms in total. The zero-order valence-corrected chi connectivity index (χ0v) is 36.7. The quantitative estimate of drug-likeness (QED) is 0.160. The van der Waals surface area contributed by atoms with E-state index in [0.717, 1.165) is 122 Å². The highest BCUT2D eigenvalue weighted by atomic mass is 16.3. The molecule has 0 radical (unpaired) electrons. The van der Waals surface area contributed by atoms with Gasteiger partial charge < -0.3 is 13.6 Å². The summed E-state index contributed by atoms with van der Waals surface area (Å²) in [6, 6.07) is 84.1. The van der Waals surface area contributed by atoms with Gasteiger partial charge in [-0.1, -0.05) is 176 Å². The summed E-state index contributed by atoms with van der Waals surface area (Å²) in [5.41, 5.74) is 16.0. The molecule has 0 saturated carbocycles. The standard InChI is InChI=1S/C62H39N5O/c1-3-19-40(20-4-1)61-63-64-62(41-21-5-2-6-22-41)65(61)42-35-37-56-51(39-42)47-27-11-16-32-54(47)66(56)52-30-14-9-25-45(52)43-23-7-8-24-44(43)46-26-10-15-31-53(46)67-55-33-17-12-29-50(55)59-57(67)38-36-49-48-28-13-18-34-58(48)68-60(49)59/h1-39H. The van der Waals surface area contributed by atoms with E-state index < -0.39 is 0 Å². The third-order valence-electron chi connectivity index (χ3n) is 13.6. The molecular weight excluding hydrogens is 831 g/mol. The van der Waals surface area contributed by atoms with Crippen LogP contribution in [0.15, 0.2) is 241 Å². The molecule has 0 aliphatic carbocycles. The van der Waals surface area contributed by atoms with Crippen LogP contribution in [0, 0.1) is 0 Å². The van der Waals surface area contributed by atoms with Gasteiger partial charge in [0.1, 0.15) is 11.2 Å². The fraction of sp³-hybridized carbons (Fsp3) is 0. The smallest absolute Gasteiger partial charge is 0.168 e. The Kier molecular flexibility index (Phi) is 8.48. The van der Waals surface area contributed by atoms with Gasteiger partial charge in [-0.05, 0) is 71.8 Å². The first-order chi connectivity index (χ1) is 33.8. The molecule has 0 aliphatic heterocycles. The van der Waals surface area contributed by atoms with E-state index in [2.05, 4.69) is 208 Å². The monoisotopic (exact) mass is 869 g/mol. The van der Waals surface area contributed by atoms with Gasteiger partial charge in [-0.3, -0.25) is 4.57 Å². The Balaban J connectivity index is 0.962. The number of furan rings is 1. The van der Waals surface area contributed by atoms with Gasteiger partial charge in [0.05, 0.1) is 44.5 Å². The molecule has 10 aromatic carbocycles. The van der Waals surface area contributed by atoms with Crippen LogP contribution >= 0.6 is 0 Å². The molecular formula is C62H39N5O. The molecule has 0 aliphatic rings. The Hall–Kier alpha value is -9.26. The van der Waals surface area contributed by atoms with Crippen molar-refractivity contribution >= 4 is 65.6 Å². The van der Waals surface area contributed by atoms with Crippen molar-refractivity contribution in [1.29, 1.82) is 0 Å². The Morgan fingerprint density at radius 3 is 1.43 bits per heavy atom. The van der Waals surface area contributed by atoms with Crippen molar-refractivity contribution in [3.8, 4) is 62.1 Å². The Labute approximate surface area is 390 Å². The number of hydrogen-bond donors (Lipinski definition) is 0. The third kappa shape index (κ3) is 5.71. The predicted octanol–water partition coefficient (Wildman–Crippen LogP) is 16.0. The SMILES string of the molecule is c1ccc(-c2nnc(-c3ccccc3)n2-c2ccc3c(c2)c2ccccc2n3-c2ccccc2-c2ccccc2-c2ccccc2-n2c3ccccc3c3c4oc5ccccc5c4ccc32)cc1. The largest absolute Gasteiger partial charge is 0.455 e. The highest BCUT2D eigenvalue weighted by Crippen LogP contribution is 2.45. The summed E-state index contributed by atoms with van der Waals surface area (Å²) in [7, 11) is 0. The summed E-state index contributed by atoms with van der Waals surface area (Å²) in [6.07, 6.45) is 0. The van der Waals surface area contributed by atoms with E-state index in [4.69, 9.17) is 14.6 Å². The van der Waals surface area contributed by atoms with Crippen molar-refractivity contribution in [2.45, 2.75) is 0 Å². The number of nitrogens with zero attached hydrogens (tertiary/aromatic N) is 5. The van der Waals surface area contributed by atoms with Gasteiger partial charge in [0.25, 0.3) is 0 Å². The van der Waals surface area contributed by atoms with Gasteiger partial charge in [-0.15, -0.1) is 10.2 Å². The minimum absolute atomic E-state index is 0.790. The maximum atomic E-state index is 6.67. The number of para-hydroxylation sites is 5. The Morgan fingerprint density at radius 2 is 0.779 bits per heavy atom. The van der Waals surface area contributed by atoms with Gasteiger partial charge in [0, 0.05) is 49.2 Å². The van der Waals surface area contributed by atoms with E-state index in [1.54, 1.807) is 0 Å². The first kappa shape index (κ1) is 38.1. The zero-order valence-electron chi connectivity index (χ0n) is 36.7. The van der Waals surface area contributed by atoms with Crippen LogP contribution in [-0.2, 0) is 0 Å². The topological polar surface area (TPSA) is 53.7 Å². The molecule has 14 rings (SSSR count). The molecule has 0 atom stereocenters. The minimum Gasteiger partial charge on any atom is -0.455 e. The van der Waals surface area contributed by atoms with Crippen molar-refractivity contribution in [2.24, 2.45) is 0 Å². The number of hydrogen-bond acceptors (Lipinski definition) is 3. The van der Waals surface area contributed by atoms with Crippen LogP contribution in [0.25, 0.3) is 128 Å². The molecule has 0 unspecified atom stereocenters. The number of benzene rings is 10. The first-order valence-electron chi connectivity index (χ1n) is 23.0. The Morgan fingerprint density at radius 1 is 0.309 bits per heavy atom. The van der Waals surface area contributed by atoms with E-state index >= 15 is 0 Å². The molecule has 14 aromatic rings. The van der Waals surface area contributed by atoms with Crippen LogP contribution in [0.5, 0.6) is 0 Å². The van der Waals surface area contributed by atoms with Gasteiger partial charge in [-0.2, -0.15) is 0 Å². The molecule has 0 spiro atoms. The molecule has 0 amide bonds. The lowest BCUT2D eigenvalue weighted by Crippen LogP contribution is -2.01. The van der Waals surface area contributed by atoms with Gasteiger partial charge in [0.15, 0.2) is 11.6 Å². The maximum absolute atomic E-state index is 6.67. The summed E-state index contributed by atoms with van der Waals surface area (Å²) in [5, 5.41) is 16.4. The summed E-state index contributed by atoms with van der Waals surface area (Å²) in [5.74, 6) is 1.58. The predicted molar refractivity (Wildman–Crippen MR) is 279 cm³/mol. The van der Waals surface area contributed by atoms with Gasteiger partial charge in [-0.25, -0.2) is 0 Å². The fourth-order valence-corrected chi connectivity index (χ4v) is 10.7. The normalized spacial score (nSPS) is 11.8. The highest BCUT2D eigenvalue weighted by molar-refractivity contribution is 6.24. The van der Waals surface area contributed by atoms with Crippen LogP contribution < -0.4 is 0 Å². The molecule has 4 heterocycles. The second kappa shape index (κ2) is 15.2. The average Bonchev–Trinajstić information content (AvgIpc) is 4.19. The lowest BCUT2D eigenvalue weighted by atomic mass is 9.92. The maximum Gasteiger partial charge on any atom is 0.168 e. The average molecular weight is 870 g/mol. The lowest BCUT2D eigenvalue weighted by molar-refractivity contribution is 0.673. The molecule has 6 heteroatoms. The summed E-state index contributed by atoms with van der Waals surface area (Å²) in [4.78, 5) is 0. The molecule has 0 N–H and O–H groups in total. The van der Waals surface area contributed by atoms with E-state index in [9.17, 15) is 0 Å². The van der Waals surface area contributed by atoms with Gasteiger partial charge in [0.2, 0.25) is 0 Å². The van der Waals surface area contributed by atoms with Gasteiger partial charge >= 0.3 is 0 Å². The van der Waals surface area contributed by atoms with Crippen LogP contribution in [-0.4, -0.2) is 23.9 Å². The highest BCUT2D eigenvalue weighted by Gasteiger charge is 2.24. The van der Waals surface area contributed by atoms with E-state index in [1.807, 2.05) is 42.5 Å². The molecule has 68 heavy (non-hydrogen) atoms. The lowest BCUT2D eigenvalue weighted by Gasteiger charge is -2.19. The van der Waals surface area contributed by atoms with Crippen molar-refractivity contribution in [2.75, 3.05) is 0 Å².